The van der Waals surface area contributed by atoms with E-state index in [1.54, 1.807) is 6.07 Å². The zero-order chi connectivity index (χ0) is 18.0. The minimum atomic E-state index is -0.730. The van der Waals surface area contributed by atoms with Crippen molar-refractivity contribution in [2.24, 2.45) is 0 Å². The highest BCUT2D eigenvalue weighted by atomic mass is 16.2. The molecule has 1 aliphatic rings. The first-order chi connectivity index (χ1) is 12.0. The lowest BCUT2D eigenvalue weighted by atomic mass is 10.1. The second-order valence-electron chi connectivity index (χ2n) is 6.17. The molecule has 128 valence electrons. The van der Waals surface area contributed by atoms with Crippen molar-refractivity contribution in [2.45, 2.75) is 38.4 Å². The van der Waals surface area contributed by atoms with Gasteiger partial charge in [-0.05, 0) is 25.3 Å². The Kier molecular flexibility index (Phi) is 4.52. The number of nitriles is 1. The number of benzene rings is 1. The molecule has 1 fully saturated rings. The van der Waals surface area contributed by atoms with Gasteiger partial charge in [0.15, 0.2) is 0 Å². The molecule has 1 heterocycles. The van der Waals surface area contributed by atoms with Crippen LogP contribution >= 0.6 is 0 Å². The predicted molar refractivity (Wildman–Crippen MR) is 90.9 cm³/mol. The summed E-state index contributed by atoms with van der Waals surface area (Å²) in [5, 5.41) is 11.9. The number of hydrogen-bond donors (Lipinski definition) is 1. The Morgan fingerprint density at radius 2 is 2.00 bits per heavy atom. The summed E-state index contributed by atoms with van der Waals surface area (Å²) >= 11 is 0. The molecule has 1 saturated carbocycles. The summed E-state index contributed by atoms with van der Waals surface area (Å²) in [7, 11) is 0. The lowest BCUT2D eigenvalue weighted by Gasteiger charge is -2.15. The van der Waals surface area contributed by atoms with Crippen LogP contribution < -0.4 is 16.6 Å². The van der Waals surface area contributed by atoms with Crippen molar-refractivity contribution >= 4 is 5.91 Å². The van der Waals surface area contributed by atoms with E-state index in [9.17, 15) is 14.4 Å². The van der Waals surface area contributed by atoms with Crippen LogP contribution in [0.2, 0.25) is 0 Å². The zero-order valence-corrected chi connectivity index (χ0v) is 13.8. The van der Waals surface area contributed by atoms with Crippen molar-refractivity contribution in [3.8, 4) is 6.07 Å². The molecule has 3 rings (SSSR count). The Morgan fingerprint density at radius 1 is 1.32 bits per heavy atom. The Hall–Kier alpha value is -3.14. The van der Waals surface area contributed by atoms with Gasteiger partial charge in [-0.15, -0.1) is 0 Å². The van der Waals surface area contributed by atoms with Crippen molar-refractivity contribution < 1.29 is 4.79 Å². The van der Waals surface area contributed by atoms with Crippen molar-refractivity contribution in [3.05, 3.63) is 68.5 Å². The molecule has 25 heavy (non-hydrogen) atoms. The van der Waals surface area contributed by atoms with Crippen LogP contribution in [0.15, 0.2) is 46.1 Å². The van der Waals surface area contributed by atoms with E-state index in [0.29, 0.717) is 0 Å². The summed E-state index contributed by atoms with van der Waals surface area (Å²) in [5.41, 5.74) is -0.485. The zero-order valence-electron chi connectivity index (χ0n) is 13.8. The Morgan fingerprint density at radius 3 is 2.60 bits per heavy atom. The minimum Gasteiger partial charge on any atom is -0.348 e. The molecule has 1 N–H and O–H groups in total. The summed E-state index contributed by atoms with van der Waals surface area (Å²) in [5.74, 6) is -0.451. The number of rotatable bonds is 5. The van der Waals surface area contributed by atoms with E-state index in [1.165, 1.54) is 10.8 Å². The molecule has 0 bridgehead atoms. The average molecular weight is 338 g/mol. The molecule has 0 spiro atoms. The number of aromatic nitrogens is 2. The first-order valence-corrected chi connectivity index (χ1v) is 8.11. The lowest BCUT2D eigenvalue weighted by Crippen LogP contribution is -2.44. The van der Waals surface area contributed by atoms with Gasteiger partial charge >= 0.3 is 5.69 Å². The Bertz CT molecular complexity index is 949. The summed E-state index contributed by atoms with van der Waals surface area (Å²) < 4.78 is 2.22. The Labute approximate surface area is 144 Å². The summed E-state index contributed by atoms with van der Waals surface area (Å²) in [6, 6.07) is 10.9. The largest absolute Gasteiger partial charge is 0.348 e. The topological polar surface area (TPSA) is 96.9 Å². The number of hydrogen-bond acceptors (Lipinski definition) is 4. The predicted octanol–water partition coefficient (Wildman–Crippen LogP) is 1.09. The summed E-state index contributed by atoms with van der Waals surface area (Å²) in [4.78, 5) is 37.0. The molecule has 0 aliphatic heterocycles. The van der Waals surface area contributed by atoms with Gasteiger partial charge in [-0.3, -0.25) is 14.2 Å². The number of nitrogens with one attached hydrogen (secondary N) is 1. The SMILES string of the molecule is CC(NC(=O)Cn1c(=O)c(C#N)cn(C2CC2)c1=O)c1ccccc1. The maximum Gasteiger partial charge on any atom is 0.331 e. The number of amides is 1. The number of nitrogens with zero attached hydrogens (tertiary/aromatic N) is 3. The maximum atomic E-state index is 12.5. The highest BCUT2D eigenvalue weighted by Gasteiger charge is 2.27. The molecule has 1 aliphatic carbocycles. The van der Waals surface area contributed by atoms with Gasteiger partial charge in [-0.25, -0.2) is 9.36 Å². The molecule has 1 aromatic heterocycles. The first-order valence-electron chi connectivity index (χ1n) is 8.11. The van der Waals surface area contributed by atoms with Crippen LogP contribution in [-0.4, -0.2) is 15.0 Å². The summed E-state index contributed by atoms with van der Waals surface area (Å²) in [6.45, 7) is 1.42. The third-order valence-electron chi connectivity index (χ3n) is 4.24. The first kappa shape index (κ1) is 16.7. The second-order valence-corrected chi connectivity index (χ2v) is 6.17. The monoisotopic (exact) mass is 338 g/mol. The molecule has 7 nitrogen and oxygen atoms in total. The Balaban J connectivity index is 1.84. The fourth-order valence-corrected chi connectivity index (χ4v) is 2.71. The van der Waals surface area contributed by atoms with Crippen LogP contribution in [0.25, 0.3) is 0 Å². The third-order valence-corrected chi connectivity index (χ3v) is 4.24. The third kappa shape index (κ3) is 3.53. The number of carbonyl (C=O) groups excluding carboxylic acids is 1. The van der Waals surface area contributed by atoms with Gasteiger partial charge in [0.05, 0.1) is 6.04 Å². The highest BCUT2D eigenvalue weighted by molar-refractivity contribution is 5.76. The van der Waals surface area contributed by atoms with Gasteiger partial charge in [-0.2, -0.15) is 5.26 Å². The van der Waals surface area contributed by atoms with Crippen molar-refractivity contribution in [3.63, 3.8) is 0 Å². The van der Waals surface area contributed by atoms with Gasteiger partial charge in [0.25, 0.3) is 5.56 Å². The van der Waals surface area contributed by atoms with E-state index in [2.05, 4.69) is 5.32 Å². The van der Waals surface area contributed by atoms with E-state index < -0.39 is 23.7 Å². The smallest absolute Gasteiger partial charge is 0.331 e. The van der Waals surface area contributed by atoms with E-state index in [4.69, 9.17) is 5.26 Å². The van der Waals surface area contributed by atoms with E-state index in [-0.39, 0.29) is 17.6 Å². The van der Waals surface area contributed by atoms with Crippen LogP contribution in [0.4, 0.5) is 0 Å². The van der Waals surface area contributed by atoms with Crippen molar-refractivity contribution in [1.29, 1.82) is 5.26 Å². The molecule has 2 aromatic rings. The molecule has 1 unspecified atom stereocenters. The molecular weight excluding hydrogens is 320 g/mol. The van der Waals surface area contributed by atoms with Gasteiger partial charge in [0, 0.05) is 12.2 Å². The van der Waals surface area contributed by atoms with E-state index in [1.807, 2.05) is 37.3 Å². The molecule has 1 aromatic carbocycles. The van der Waals surface area contributed by atoms with Crippen molar-refractivity contribution in [1.82, 2.24) is 14.5 Å². The van der Waals surface area contributed by atoms with Crippen LogP contribution in [0.1, 0.15) is 43.0 Å². The van der Waals surface area contributed by atoms with Gasteiger partial charge < -0.3 is 5.32 Å². The average Bonchev–Trinajstić information content (AvgIpc) is 3.44. The van der Waals surface area contributed by atoms with Crippen LogP contribution in [-0.2, 0) is 11.3 Å². The van der Waals surface area contributed by atoms with Gasteiger partial charge in [0.2, 0.25) is 5.91 Å². The van der Waals surface area contributed by atoms with Gasteiger partial charge in [0.1, 0.15) is 18.2 Å². The van der Waals surface area contributed by atoms with E-state index in [0.717, 1.165) is 23.0 Å². The normalized spacial score (nSPS) is 14.6. The second kappa shape index (κ2) is 6.77. The highest BCUT2D eigenvalue weighted by Crippen LogP contribution is 2.33. The quantitative estimate of drug-likeness (QED) is 0.882. The van der Waals surface area contributed by atoms with Crippen LogP contribution in [0, 0.1) is 11.3 Å². The van der Waals surface area contributed by atoms with Gasteiger partial charge in [-0.1, -0.05) is 30.3 Å². The molecule has 1 amide bonds. The lowest BCUT2D eigenvalue weighted by molar-refractivity contribution is -0.122. The molecule has 0 radical (unpaired) electrons. The van der Waals surface area contributed by atoms with E-state index >= 15 is 0 Å². The fourth-order valence-electron chi connectivity index (χ4n) is 2.71. The minimum absolute atomic E-state index is 0.0118. The summed E-state index contributed by atoms with van der Waals surface area (Å²) in [6.07, 6.45) is 2.96. The molecular formula is C18H18N4O3. The molecule has 1 atom stereocenters. The maximum absolute atomic E-state index is 12.5. The number of carbonyl (C=O) groups is 1. The fraction of sp³-hybridized carbons (Fsp3) is 0.333. The molecule has 0 saturated heterocycles. The van der Waals surface area contributed by atoms with Crippen molar-refractivity contribution in [2.75, 3.05) is 0 Å². The molecule has 7 heteroatoms. The standard InChI is InChI=1S/C18H18N4O3/c1-12(13-5-3-2-4-6-13)20-16(23)11-22-17(24)14(9-19)10-21(18(22)25)15-7-8-15/h2-6,10,12,15H,7-8,11H2,1H3,(H,20,23). The van der Waals surface area contributed by atoms with Crippen LogP contribution in [0.3, 0.4) is 0 Å². The van der Waals surface area contributed by atoms with Crippen LogP contribution in [0.5, 0.6) is 0 Å².